The zero-order chi connectivity index (χ0) is 14.1. The van der Waals surface area contributed by atoms with Crippen molar-refractivity contribution in [2.45, 2.75) is 38.5 Å². The summed E-state index contributed by atoms with van der Waals surface area (Å²) < 4.78 is 13.3. The van der Waals surface area contributed by atoms with Crippen molar-refractivity contribution in [1.82, 2.24) is 0 Å². The normalized spacial score (nSPS) is 17.8. The molecule has 0 saturated carbocycles. The molecule has 0 amide bonds. The molecule has 1 nitrogen and oxygen atoms in total. The molecule has 0 radical (unpaired) electrons. The van der Waals surface area contributed by atoms with E-state index in [0.717, 1.165) is 30.4 Å². The van der Waals surface area contributed by atoms with E-state index in [1.807, 2.05) is 6.92 Å². The summed E-state index contributed by atoms with van der Waals surface area (Å²) >= 11 is 1.75. The lowest BCUT2D eigenvalue weighted by Crippen LogP contribution is -2.19. The van der Waals surface area contributed by atoms with Crippen LogP contribution in [0, 0.1) is 12.7 Å². The molecule has 0 bridgehead atoms. The van der Waals surface area contributed by atoms with Gasteiger partial charge in [-0.1, -0.05) is 6.07 Å². The Labute approximate surface area is 122 Å². The van der Waals surface area contributed by atoms with Gasteiger partial charge >= 0.3 is 0 Å². The average Bonchev–Trinajstić information content (AvgIpc) is 2.91. The second kappa shape index (κ2) is 5.49. The number of ketones is 1. The molecule has 1 heterocycles. The van der Waals surface area contributed by atoms with E-state index < -0.39 is 0 Å². The molecule has 0 saturated heterocycles. The van der Waals surface area contributed by atoms with Crippen LogP contribution >= 0.6 is 11.3 Å². The topological polar surface area (TPSA) is 17.1 Å². The molecule has 0 fully saturated rings. The molecule has 2 aromatic rings. The Bertz CT molecular complexity index is 644. The van der Waals surface area contributed by atoms with Crippen molar-refractivity contribution in [2.24, 2.45) is 0 Å². The Morgan fingerprint density at radius 3 is 3.10 bits per heavy atom. The Balaban J connectivity index is 1.83. The van der Waals surface area contributed by atoms with E-state index in [-0.39, 0.29) is 17.5 Å². The maximum Gasteiger partial charge on any atom is 0.144 e. The molecule has 104 valence electrons. The third-order valence-electron chi connectivity index (χ3n) is 4.12. The Hall–Kier alpha value is -1.48. The van der Waals surface area contributed by atoms with Gasteiger partial charge in [-0.15, -0.1) is 11.3 Å². The van der Waals surface area contributed by atoms with Gasteiger partial charge in [0, 0.05) is 17.2 Å². The Morgan fingerprint density at radius 2 is 2.25 bits per heavy atom. The molecular weight excluding hydrogens is 271 g/mol. The maximum absolute atomic E-state index is 13.3. The van der Waals surface area contributed by atoms with Crippen molar-refractivity contribution in [3.05, 3.63) is 57.0 Å². The highest BCUT2D eigenvalue weighted by Crippen LogP contribution is 2.36. The van der Waals surface area contributed by atoms with Gasteiger partial charge < -0.3 is 0 Å². The summed E-state index contributed by atoms with van der Waals surface area (Å²) in [5.41, 5.74) is 3.01. The van der Waals surface area contributed by atoms with Crippen molar-refractivity contribution in [3.63, 3.8) is 0 Å². The third-order valence-corrected chi connectivity index (χ3v) is 5.11. The standard InChI is InChI=1S/C17H17FOS/c1-11-5-6-13(18)9-12(11)10-16(19)14-3-2-4-17-15(14)7-8-20-17/h5-9,14H,2-4,10H2,1H3. The molecule has 1 aromatic carbocycles. The van der Waals surface area contributed by atoms with E-state index in [1.54, 1.807) is 17.4 Å². The first kappa shape index (κ1) is 13.5. The number of carbonyl (C=O) groups excluding carboxylic acids is 1. The minimum Gasteiger partial charge on any atom is -0.299 e. The highest BCUT2D eigenvalue weighted by Gasteiger charge is 2.27. The number of halogens is 1. The van der Waals surface area contributed by atoms with E-state index >= 15 is 0 Å². The molecule has 1 atom stereocenters. The van der Waals surface area contributed by atoms with Crippen LogP contribution in [0.2, 0.25) is 0 Å². The largest absolute Gasteiger partial charge is 0.299 e. The van der Waals surface area contributed by atoms with Gasteiger partial charge in [0.05, 0.1) is 0 Å². The highest BCUT2D eigenvalue weighted by atomic mass is 32.1. The lowest BCUT2D eigenvalue weighted by atomic mass is 9.82. The average molecular weight is 288 g/mol. The number of rotatable bonds is 3. The van der Waals surface area contributed by atoms with Gasteiger partial charge in [-0.3, -0.25) is 4.79 Å². The van der Waals surface area contributed by atoms with E-state index in [0.29, 0.717) is 6.42 Å². The molecule has 1 aliphatic carbocycles. The second-order valence-corrected chi connectivity index (χ2v) is 6.46. The number of carbonyl (C=O) groups is 1. The van der Waals surface area contributed by atoms with Gasteiger partial charge in [-0.25, -0.2) is 4.39 Å². The smallest absolute Gasteiger partial charge is 0.144 e. The number of aryl methyl sites for hydroxylation is 2. The fraction of sp³-hybridized carbons (Fsp3) is 0.353. The molecule has 0 N–H and O–H groups in total. The summed E-state index contributed by atoms with van der Waals surface area (Å²) in [7, 11) is 0. The van der Waals surface area contributed by atoms with Crippen LogP contribution < -0.4 is 0 Å². The maximum atomic E-state index is 13.3. The summed E-state index contributed by atoms with van der Waals surface area (Å²) in [6, 6.07) is 6.76. The van der Waals surface area contributed by atoms with Crippen molar-refractivity contribution >= 4 is 17.1 Å². The first-order valence-electron chi connectivity index (χ1n) is 6.99. The first-order chi connectivity index (χ1) is 9.65. The SMILES string of the molecule is Cc1ccc(F)cc1CC(=O)C1CCCc2sccc21. The number of Topliss-reactive ketones (excluding diaryl/α,β-unsaturated/α-hetero) is 1. The summed E-state index contributed by atoms with van der Waals surface area (Å²) in [6.45, 7) is 1.93. The fourth-order valence-corrected chi connectivity index (χ4v) is 3.95. The molecule has 20 heavy (non-hydrogen) atoms. The van der Waals surface area contributed by atoms with Crippen molar-refractivity contribution < 1.29 is 9.18 Å². The summed E-state index contributed by atoms with van der Waals surface area (Å²) in [4.78, 5) is 13.9. The zero-order valence-electron chi connectivity index (χ0n) is 11.5. The van der Waals surface area contributed by atoms with E-state index in [2.05, 4.69) is 11.4 Å². The monoisotopic (exact) mass is 288 g/mol. The van der Waals surface area contributed by atoms with Crippen LogP contribution in [0.1, 0.15) is 40.3 Å². The molecule has 0 spiro atoms. The molecule has 3 heteroatoms. The van der Waals surface area contributed by atoms with E-state index in [4.69, 9.17) is 0 Å². The summed E-state index contributed by atoms with van der Waals surface area (Å²) in [5, 5.41) is 2.07. The minimum atomic E-state index is -0.265. The number of thiophene rings is 1. The third kappa shape index (κ3) is 2.55. The van der Waals surface area contributed by atoms with Crippen LogP contribution in [0.5, 0.6) is 0 Å². The first-order valence-corrected chi connectivity index (χ1v) is 7.87. The van der Waals surface area contributed by atoms with Crippen molar-refractivity contribution in [2.75, 3.05) is 0 Å². The molecule has 3 rings (SSSR count). The highest BCUT2D eigenvalue weighted by molar-refractivity contribution is 7.10. The quantitative estimate of drug-likeness (QED) is 0.816. The minimum absolute atomic E-state index is 0.00710. The Kier molecular flexibility index (Phi) is 3.70. The van der Waals surface area contributed by atoms with Crippen LogP contribution in [0.3, 0.4) is 0 Å². The number of fused-ring (bicyclic) bond motifs is 1. The van der Waals surface area contributed by atoms with Crippen molar-refractivity contribution in [1.29, 1.82) is 0 Å². The van der Waals surface area contributed by atoms with Crippen LogP contribution in [-0.4, -0.2) is 5.78 Å². The molecule has 0 aliphatic heterocycles. The lowest BCUT2D eigenvalue weighted by Gasteiger charge is -2.21. The van der Waals surface area contributed by atoms with Gasteiger partial charge in [0.2, 0.25) is 0 Å². The van der Waals surface area contributed by atoms with Crippen molar-refractivity contribution in [3.8, 4) is 0 Å². The predicted molar refractivity (Wildman–Crippen MR) is 79.8 cm³/mol. The number of benzene rings is 1. The summed E-state index contributed by atoms with van der Waals surface area (Å²) in [6.07, 6.45) is 3.43. The van der Waals surface area contributed by atoms with Gasteiger partial charge in [0.1, 0.15) is 11.6 Å². The predicted octanol–water partition coefficient (Wildman–Crippen LogP) is 4.43. The second-order valence-electron chi connectivity index (χ2n) is 5.46. The van der Waals surface area contributed by atoms with E-state index in [9.17, 15) is 9.18 Å². The van der Waals surface area contributed by atoms with E-state index in [1.165, 1.54) is 22.6 Å². The van der Waals surface area contributed by atoms with Crippen LogP contribution in [0.25, 0.3) is 0 Å². The van der Waals surface area contributed by atoms with Gasteiger partial charge in [0.25, 0.3) is 0 Å². The molecule has 1 unspecified atom stereocenters. The zero-order valence-corrected chi connectivity index (χ0v) is 12.3. The molecular formula is C17H17FOS. The van der Waals surface area contributed by atoms with Crippen LogP contribution in [-0.2, 0) is 17.6 Å². The van der Waals surface area contributed by atoms with Gasteiger partial charge in [-0.05, 0) is 66.5 Å². The van der Waals surface area contributed by atoms with Crippen LogP contribution in [0.15, 0.2) is 29.6 Å². The number of hydrogen-bond acceptors (Lipinski definition) is 2. The molecule has 1 aromatic heterocycles. The van der Waals surface area contributed by atoms with Crippen LogP contribution in [0.4, 0.5) is 4.39 Å². The van der Waals surface area contributed by atoms with Gasteiger partial charge in [0.15, 0.2) is 0 Å². The number of hydrogen-bond donors (Lipinski definition) is 0. The molecule has 1 aliphatic rings. The summed E-state index contributed by atoms with van der Waals surface area (Å²) in [5.74, 6) is -0.0380. The lowest BCUT2D eigenvalue weighted by molar-refractivity contribution is -0.120. The fourth-order valence-electron chi connectivity index (χ4n) is 2.96. The Morgan fingerprint density at radius 1 is 1.40 bits per heavy atom. The van der Waals surface area contributed by atoms with Gasteiger partial charge in [-0.2, -0.15) is 0 Å².